The first-order valence-corrected chi connectivity index (χ1v) is 17.7. The zero-order valence-corrected chi connectivity index (χ0v) is 27.2. The number of hydrazone groups is 1. The highest BCUT2D eigenvalue weighted by Gasteiger charge is 2.61. The van der Waals surface area contributed by atoms with Gasteiger partial charge in [0.05, 0.1) is 23.3 Å². The number of esters is 1. The van der Waals surface area contributed by atoms with Gasteiger partial charge < -0.3 is 14.9 Å². The lowest BCUT2D eigenvalue weighted by Gasteiger charge is -2.59. The second-order valence-corrected chi connectivity index (χ2v) is 15.8. The highest BCUT2D eigenvalue weighted by molar-refractivity contribution is 7.89. The lowest BCUT2D eigenvalue weighted by molar-refractivity contribution is -0.143. The van der Waals surface area contributed by atoms with Crippen LogP contribution in [0.2, 0.25) is 0 Å². The number of hydrogen-bond donors (Lipinski definition) is 3. The monoisotopic (exact) mass is 614 g/mol. The Hall–Kier alpha value is -2.23. The summed E-state index contributed by atoms with van der Waals surface area (Å²) in [6, 6.07) is 6.71. The highest BCUT2D eigenvalue weighted by Crippen LogP contribution is 2.66. The maximum absolute atomic E-state index is 13.3. The molecular formula is C34H50N2O6S. The first-order valence-electron chi connectivity index (χ1n) is 16.2. The Morgan fingerprint density at radius 1 is 1.09 bits per heavy atom. The lowest BCUT2D eigenvalue weighted by Crippen LogP contribution is -2.56. The topological polar surface area (TPSA) is 125 Å². The molecule has 4 aliphatic carbocycles. The van der Waals surface area contributed by atoms with Crippen LogP contribution in [0.15, 0.2) is 45.9 Å². The number of benzene rings is 1. The number of ether oxygens (including phenoxy) is 1. The van der Waals surface area contributed by atoms with E-state index in [-0.39, 0.29) is 33.5 Å². The van der Waals surface area contributed by atoms with E-state index in [0.717, 1.165) is 56.1 Å². The number of aliphatic hydroxyl groups is 2. The Balaban J connectivity index is 1.46. The van der Waals surface area contributed by atoms with Crippen LogP contribution in [-0.4, -0.2) is 49.1 Å². The molecule has 0 unspecified atom stereocenters. The average molecular weight is 615 g/mol. The molecule has 3 fully saturated rings. The minimum atomic E-state index is -3.88. The Morgan fingerprint density at radius 2 is 1.81 bits per heavy atom. The molecule has 0 aromatic heterocycles. The summed E-state index contributed by atoms with van der Waals surface area (Å²) in [5.41, 5.74) is 2.22. The van der Waals surface area contributed by atoms with Gasteiger partial charge in [-0.1, -0.05) is 38.5 Å². The first kappa shape index (κ1) is 32.2. The summed E-state index contributed by atoms with van der Waals surface area (Å²) < 4.78 is 31.7. The molecule has 0 heterocycles. The molecule has 0 bridgehead atoms. The van der Waals surface area contributed by atoms with E-state index in [1.54, 1.807) is 24.3 Å². The van der Waals surface area contributed by atoms with Crippen LogP contribution < -0.4 is 4.83 Å². The number of hydrogen-bond acceptors (Lipinski definition) is 7. The van der Waals surface area contributed by atoms with Crippen LogP contribution in [0.5, 0.6) is 0 Å². The van der Waals surface area contributed by atoms with Crippen molar-refractivity contribution < 1.29 is 28.2 Å². The molecule has 0 aliphatic heterocycles. The van der Waals surface area contributed by atoms with Crippen molar-refractivity contribution >= 4 is 21.7 Å². The van der Waals surface area contributed by atoms with E-state index in [2.05, 4.69) is 30.7 Å². The number of nitrogens with zero attached hydrogens (tertiary/aromatic N) is 1. The van der Waals surface area contributed by atoms with Gasteiger partial charge in [0.15, 0.2) is 0 Å². The van der Waals surface area contributed by atoms with Gasteiger partial charge in [-0.3, -0.25) is 4.79 Å². The summed E-state index contributed by atoms with van der Waals surface area (Å²) >= 11 is 0. The maximum Gasteiger partial charge on any atom is 0.305 e. The van der Waals surface area contributed by atoms with Crippen molar-refractivity contribution in [1.82, 2.24) is 4.83 Å². The Morgan fingerprint density at radius 3 is 2.51 bits per heavy atom. The van der Waals surface area contributed by atoms with Gasteiger partial charge in [0.2, 0.25) is 0 Å². The third-order valence-corrected chi connectivity index (χ3v) is 13.0. The molecule has 9 heteroatoms. The number of fused-ring (bicyclic) bond motifs is 5. The van der Waals surface area contributed by atoms with E-state index in [1.165, 1.54) is 0 Å². The van der Waals surface area contributed by atoms with E-state index in [0.29, 0.717) is 42.9 Å². The van der Waals surface area contributed by atoms with Crippen molar-refractivity contribution in [3.8, 4) is 0 Å². The van der Waals surface area contributed by atoms with Crippen LogP contribution in [0.25, 0.3) is 0 Å². The number of carbonyl (C=O) groups is 1. The molecule has 1 aromatic carbocycles. The van der Waals surface area contributed by atoms with Gasteiger partial charge in [-0.25, -0.2) is 0 Å². The second-order valence-electron chi connectivity index (χ2n) is 14.2. The summed E-state index contributed by atoms with van der Waals surface area (Å²) in [6.45, 7) is 11.1. The Kier molecular flexibility index (Phi) is 9.19. The second kappa shape index (κ2) is 12.3. The van der Waals surface area contributed by atoms with Gasteiger partial charge in [-0.15, -0.1) is 0 Å². The van der Waals surface area contributed by atoms with Gasteiger partial charge in [0.25, 0.3) is 10.0 Å². The molecule has 9 atom stereocenters. The van der Waals surface area contributed by atoms with E-state index < -0.39 is 22.2 Å². The molecule has 8 nitrogen and oxygen atoms in total. The van der Waals surface area contributed by atoms with Crippen molar-refractivity contribution in [3.63, 3.8) is 0 Å². The number of sulfonamides is 1. The van der Waals surface area contributed by atoms with Crippen molar-refractivity contribution in [1.29, 1.82) is 0 Å². The van der Waals surface area contributed by atoms with Crippen LogP contribution in [0.3, 0.4) is 0 Å². The predicted octanol–water partition coefficient (Wildman–Crippen LogP) is 5.52. The zero-order valence-electron chi connectivity index (χ0n) is 26.4. The van der Waals surface area contributed by atoms with Crippen molar-refractivity contribution in [2.24, 2.45) is 45.5 Å². The highest BCUT2D eigenvalue weighted by atomic mass is 32.2. The SMILES string of the molecule is CCOC(=O)CCC[C@@H](C)[C@H]1CC[C@H]2[C@@H]3/C(=N\NS(=O)(=O)c4ccc(C)cc4)C=C4[C@@H](O)[C@@H](O)CC[C@]4(C)[C@H]3CC[C@]12C. The molecule has 0 saturated heterocycles. The van der Waals surface area contributed by atoms with E-state index in [1.807, 2.05) is 19.9 Å². The number of carbonyl (C=O) groups excluding carboxylic acids is 1. The molecule has 4 aliphatic rings. The molecule has 0 amide bonds. The molecule has 1 aromatic rings. The van der Waals surface area contributed by atoms with Gasteiger partial charge >= 0.3 is 5.97 Å². The largest absolute Gasteiger partial charge is 0.466 e. The molecule has 3 N–H and O–H groups in total. The molecule has 0 spiro atoms. The summed E-state index contributed by atoms with van der Waals surface area (Å²) in [4.78, 5) is 14.6. The summed E-state index contributed by atoms with van der Waals surface area (Å²) in [5, 5.41) is 26.4. The predicted molar refractivity (Wildman–Crippen MR) is 167 cm³/mol. The normalized spacial score (nSPS) is 37.1. The van der Waals surface area contributed by atoms with Crippen LogP contribution in [0.4, 0.5) is 0 Å². The zero-order chi connectivity index (χ0) is 31.2. The average Bonchev–Trinajstić information content (AvgIpc) is 3.32. The minimum absolute atomic E-state index is 0.0485. The van der Waals surface area contributed by atoms with Gasteiger partial charge in [-0.05, 0) is 123 Å². The number of aliphatic hydroxyl groups excluding tert-OH is 2. The van der Waals surface area contributed by atoms with Crippen LogP contribution >= 0.6 is 0 Å². The first-order chi connectivity index (χ1) is 20.3. The number of rotatable bonds is 9. The fraction of sp³-hybridized carbons (Fsp3) is 0.706. The minimum Gasteiger partial charge on any atom is -0.466 e. The molecule has 0 radical (unpaired) electrons. The Labute approximate surface area is 257 Å². The number of nitrogens with one attached hydrogen (secondary N) is 1. The molecule has 5 rings (SSSR count). The van der Waals surface area contributed by atoms with Gasteiger partial charge in [-0.2, -0.15) is 18.4 Å². The van der Waals surface area contributed by atoms with E-state index in [9.17, 15) is 23.4 Å². The van der Waals surface area contributed by atoms with Crippen LogP contribution in [-0.2, 0) is 19.6 Å². The smallest absolute Gasteiger partial charge is 0.305 e. The summed E-state index contributed by atoms with van der Waals surface area (Å²) in [5.74, 6) is 1.41. The number of aryl methyl sites for hydroxylation is 1. The van der Waals surface area contributed by atoms with Crippen LogP contribution in [0, 0.1) is 47.3 Å². The Bertz CT molecular complexity index is 1360. The molecule has 238 valence electrons. The quantitative estimate of drug-likeness (QED) is 0.249. The third-order valence-electron chi connectivity index (χ3n) is 11.8. The third kappa shape index (κ3) is 5.94. The van der Waals surface area contributed by atoms with Crippen molar-refractivity contribution in [2.45, 2.75) is 110 Å². The molecular weight excluding hydrogens is 564 g/mol. The maximum atomic E-state index is 13.3. The summed E-state index contributed by atoms with van der Waals surface area (Å²) in [6.07, 6.45) is 7.85. The molecule has 3 saturated carbocycles. The van der Waals surface area contributed by atoms with E-state index in [4.69, 9.17) is 4.74 Å². The molecule has 43 heavy (non-hydrogen) atoms. The summed E-state index contributed by atoms with van der Waals surface area (Å²) in [7, 11) is -3.88. The van der Waals surface area contributed by atoms with Gasteiger partial charge in [0, 0.05) is 12.3 Å². The van der Waals surface area contributed by atoms with Gasteiger partial charge in [0.1, 0.15) is 6.10 Å². The van der Waals surface area contributed by atoms with Crippen LogP contribution in [0.1, 0.15) is 91.0 Å². The van der Waals surface area contributed by atoms with Crippen molar-refractivity contribution in [2.75, 3.05) is 6.61 Å². The lowest BCUT2D eigenvalue weighted by atomic mass is 9.46. The number of allylic oxidation sites excluding steroid dienone is 1. The fourth-order valence-corrected chi connectivity index (χ4v) is 10.3. The standard InChI is InChI=1S/C34H50N2O6S/c1-6-42-30(38)9-7-8-22(3)24-14-15-25-31-26(16-18-33(24,25)4)34(5)19-17-29(37)32(39)27(34)20-28(31)35-36-43(40,41)23-12-10-21(2)11-13-23/h10-13,20,22,24-26,29,31-32,36-37,39H,6-9,14-19H2,1-5H3/b35-28-/t22-,24-,25+,26+,29+,31+,32-,33-,34-/m1/s1. The fourth-order valence-electron chi connectivity index (χ4n) is 9.43. The van der Waals surface area contributed by atoms with E-state index >= 15 is 0 Å². The van der Waals surface area contributed by atoms with Crippen molar-refractivity contribution in [3.05, 3.63) is 41.5 Å².